The summed E-state index contributed by atoms with van der Waals surface area (Å²) in [6.07, 6.45) is 15.1. The molecule has 10 nitrogen and oxygen atoms in total. The lowest BCUT2D eigenvalue weighted by Gasteiger charge is -2.52. The smallest absolute Gasteiger partial charge is 0.246 e. The van der Waals surface area contributed by atoms with Crippen LogP contribution in [0.4, 0.5) is 0 Å². The van der Waals surface area contributed by atoms with E-state index in [4.69, 9.17) is 5.10 Å². The van der Waals surface area contributed by atoms with E-state index in [9.17, 15) is 18.0 Å². The Hall–Kier alpha value is -2.76. The lowest BCUT2D eigenvalue weighted by atomic mass is 9.79. The molecule has 2 aromatic rings. The number of sulfonamides is 1. The molecule has 2 N–H and O–H groups in total. The summed E-state index contributed by atoms with van der Waals surface area (Å²) in [7, 11) is -3.57. The van der Waals surface area contributed by atoms with Gasteiger partial charge in [0.2, 0.25) is 21.8 Å². The highest BCUT2D eigenvalue weighted by Gasteiger charge is 2.53. The predicted octanol–water partition coefficient (Wildman–Crippen LogP) is 5.53. The van der Waals surface area contributed by atoms with E-state index < -0.39 is 15.6 Å². The number of aromatic nitrogens is 2. The van der Waals surface area contributed by atoms with Crippen molar-refractivity contribution >= 4 is 21.8 Å². The van der Waals surface area contributed by atoms with Crippen molar-refractivity contribution < 1.29 is 18.0 Å². The zero-order valence-corrected chi connectivity index (χ0v) is 30.1. The van der Waals surface area contributed by atoms with E-state index in [1.165, 1.54) is 25.7 Å². The molecule has 0 bridgehead atoms. The molecule has 0 radical (unpaired) electrons. The quantitative estimate of drug-likeness (QED) is 0.323. The van der Waals surface area contributed by atoms with Crippen molar-refractivity contribution in [3.8, 4) is 5.69 Å². The van der Waals surface area contributed by atoms with Gasteiger partial charge in [-0.25, -0.2) is 17.8 Å². The normalized spacial score (nSPS) is 23.1. The zero-order chi connectivity index (χ0) is 33.9. The molecule has 2 aliphatic carbocycles. The average Bonchev–Trinajstić information content (AvgIpc) is 3.37. The molecule has 264 valence electrons. The SMILES string of the molecule is CCCCN1C(=O)[C@H](CC2CCCCC2)NC(=O)C12CCN(Cc1c(C)nn(-c3ccc(S(=O)(=O)NC4CCCCC4)cc3)c1C)CC2. The molecule has 2 aliphatic heterocycles. The summed E-state index contributed by atoms with van der Waals surface area (Å²) in [5.74, 6) is 0.690. The lowest BCUT2D eigenvalue weighted by Crippen LogP contribution is -2.73. The van der Waals surface area contributed by atoms with Gasteiger partial charge >= 0.3 is 0 Å². The molecule has 2 amide bonds. The minimum atomic E-state index is -3.57. The van der Waals surface area contributed by atoms with Crippen LogP contribution in [0, 0.1) is 19.8 Å². The van der Waals surface area contributed by atoms with Crippen molar-refractivity contribution in [3.63, 3.8) is 0 Å². The molecule has 3 heterocycles. The van der Waals surface area contributed by atoms with Crippen LogP contribution in [-0.4, -0.2) is 77.1 Å². The molecule has 1 aromatic carbocycles. The second-order valence-electron chi connectivity index (χ2n) is 14.9. The van der Waals surface area contributed by atoms with Crippen LogP contribution in [0.1, 0.15) is 120 Å². The highest BCUT2D eigenvalue weighted by molar-refractivity contribution is 7.89. The zero-order valence-electron chi connectivity index (χ0n) is 29.3. The number of nitrogens with zero attached hydrogens (tertiary/aromatic N) is 4. The van der Waals surface area contributed by atoms with Gasteiger partial charge < -0.3 is 10.2 Å². The highest BCUT2D eigenvalue weighted by Crippen LogP contribution is 2.37. The third-order valence-electron chi connectivity index (χ3n) is 11.7. The number of aryl methyl sites for hydroxylation is 1. The van der Waals surface area contributed by atoms with Crippen LogP contribution in [0.2, 0.25) is 0 Å². The maximum absolute atomic E-state index is 13.9. The van der Waals surface area contributed by atoms with Crippen molar-refractivity contribution in [2.75, 3.05) is 19.6 Å². The Balaban J connectivity index is 1.11. The first kappa shape index (κ1) is 35.1. The summed E-state index contributed by atoms with van der Waals surface area (Å²) < 4.78 is 30.8. The molecular formula is C37H56N6O4S. The maximum Gasteiger partial charge on any atom is 0.246 e. The van der Waals surface area contributed by atoms with Gasteiger partial charge in [-0.05, 0) is 82.6 Å². The number of unbranched alkanes of at least 4 members (excludes halogenated alkanes) is 1. The van der Waals surface area contributed by atoms with Crippen LogP contribution in [0.25, 0.3) is 5.69 Å². The molecule has 48 heavy (non-hydrogen) atoms. The first-order valence-electron chi connectivity index (χ1n) is 18.6. The Bertz CT molecular complexity index is 1530. The number of piperazine rings is 1. The van der Waals surface area contributed by atoms with E-state index in [0.717, 1.165) is 93.5 Å². The first-order valence-corrected chi connectivity index (χ1v) is 20.1. The van der Waals surface area contributed by atoms with Crippen LogP contribution < -0.4 is 10.0 Å². The Morgan fingerprint density at radius 3 is 2.23 bits per heavy atom. The number of hydrogen-bond acceptors (Lipinski definition) is 6. The predicted molar refractivity (Wildman–Crippen MR) is 187 cm³/mol. The molecule has 4 fully saturated rings. The van der Waals surface area contributed by atoms with Crippen molar-refractivity contribution in [2.45, 2.75) is 146 Å². The van der Waals surface area contributed by atoms with Gasteiger partial charge in [0.1, 0.15) is 11.6 Å². The third-order valence-corrected chi connectivity index (χ3v) is 13.2. The molecule has 1 spiro atoms. The molecule has 6 rings (SSSR count). The van der Waals surface area contributed by atoms with Crippen molar-refractivity contribution in [1.82, 2.24) is 29.6 Å². The minimum absolute atomic E-state index is 0.0159. The third kappa shape index (κ3) is 7.38. The van der Waals surface area contributed by atoms with Gasteiger partial charge in [0.25, 0.3) is 0 Å². The number of benzene rings is 1. The number of rotatable bonds is 11. The molecular weight excluding hydrogens is 625 g/mol. The van der Waals surface area contributed by atoms with E-state index in [1.54, 1.807) is 12.1 Å². The van der Waals surface area contributed by atoms with E-state index in [-0.39, 0.29) is 28.8 Å². The van der Waals surface area contributed by atoms with Gasteiger partial charge in [0.05, 0.1) is 16.3 Å². The largest absolute Gasteiger partial charge is 0.342 e. The Morgan fingerprint density at radius 1 is 0.938 bits per heavy atom. The summed E-state index contributed by atoms with van der Waals surface area (Å²) in [5, 5.41) is 8.06. The van der Waals surface area contributed by atoms with E-state index in [1.807, 2.05) is 28.6 Å². The van der Waals surface area contributed by atoms with Gasteiger partial charge in [0, 0.05) is 43.5 Å². The fraction of sp³-hybridized carbons (Fsp3) is 0.703. The Morgan fingerprint density at radius 2 is 1.58 bits per heavy atom. The first-order chi connectivity index (χ1) is 23.1. The fourth-order valence-electron chi connectivity index (χ4n) is 8.66. The second-order valence-corrected chi connectivity index (χ2v) is 16.6. The Labute approximate surface area is 287 Å². The second kappa shape index (κ2) is 15.0. The number of nitrogens with one attached hydrogen (secondary N) is 2. The summed E-state index contributed by atoms with van der Waals surface area (Å²) >= 11 is 0. The summed E-state index contributed by atoms with van der Waals surface area (Å²) in [4.78, 5) is 32.5. The Kier molecular flexibility index (Phi) is 11.0. The van der Waals surface area contributed by atoms with Crippen LogP contribution in [0.3, 0.4) is 0 Å². The number of likely N-dealkylation sites (tertiary alicyclic amines) is 1. The lowest BCUT2D eigenvalue weighted by molar-refractivity contribution is -0.162. The molecule has 1 atom stereocenters. The molecule has 1 aromatic heterocycles. The van der Waals surface area contributed by atoms with Crippen molar-refractivity contribution in [3.05, 3.63) is 41.2 Å². The van der Waals surface area contributed by atoms with Crippen LogP contribution >= 0.6 is 0 Å². The average molecular weight is 681 g/mol. The molecule has 2 saturated heterocycles. The summed E-state index contributed by atoms with van der Waals surface area (Å²) in [6, 6.07) is 6.62. The summed E-state index contributed by atoms with van der Waals surface area (Å²) in [5.41, 5.74) is 3.14. The highest BCUT2D eigenvalue weighted by atomic mass is 32.2. The maximum atomic E-state index is 13.9. The van der Waals surface area contributed by atoms with Gasteiger partial charge in [0.15, 0.2) is 0 Å². The molecule has 11 heteroatoms. The van der Waals surface area contributed by atoms with E-state index in [2.05, 4.69) is 28.8 Å². The molecule has 2 saturated carbocycles. The van der Waals surface area contributed by atoms with Gasteiger partial charge in [-0.3, -0.25) is 14.5 Å². The number of carbonyl (C=O) groups excluding carboxylic acids is 2. The standard InChI is InChI=1S/C37H56N6O4S/c1-4-5-22-42-35(44)34(25-29-12-8-6-9-13-29)38-36(45)37(42)20-23-41(24-21-37)26-33-27(2)39-43(28(33)3)31-16-18-32(19-17-31)48(46,47)40-30-14-10-7-11-15-30/h16-19,29-30,34,40H,4-15,20-26H2,1-3H3,(H,38,45)/t34-/m0/s1. The van der Waals surface area contributed by atoms with Gasteiger partial charge in [-0.2, -0.15) is 5.10 Å². The van der Waals surface area contributed by atoms with Crippen LogP contribution in [-0.2, 0) is 26.2 Å². The van der Waals surface area contributed by atoms with Crippen LogP contribution in [0.5, 0.6) is 0 Å². The van der Waals surface area contributed by atoms with Crippen LogP contribution in [0.15, 0.2) is 29.2 Å². The van der Waals surface area contributed by atoms with E-state index >= 15 is 0 Å². The topological polar surface area (TPSA) is 117 Å². The number of piperidine rings is 1. The number of carbonyl (C=O) groups is 2. The van der Waals surface area contributed by atoms with Crippen molar-refractivity contribution in [1.29, 1.82) is 0 Å². The van der Waals surface area contributed by atoms with Gasteiger partial charge in [-0.15, -0.1) is 0 Å². The number of amides is 2. The molecule has 4 aliphatic rings. The summed E-state index contributed by atoms with van der Waals surface area (Å²) in [6.45, 7) is 9.01. The number of hydrogen-bond donors (Lipinski definition) is 2. The minimum Gasteiger partial charge on any atom is -0.342 e. The monoisotopic (exact) mass is 680 g/mol. The van der Waals surface area contributed by atoms with E-state index in [0.29, 0.717) is 31.8 Å². The van der Waals surface area contributed by atoms with Crippen molar-refractivity contribution in [2.24, 2.45) is 5.92 Å². The van der Waals surface area contributed by atoms with Gasteiger partial charge in [-0.1, -0.05) is 64.7 Å². The molecule has 0 unspecified atom stereocenters. The fourth-order valence-corrected chi connectivity index (χ4v) is 9.97.